The fourth-order valence-electron chi connectivity index (χ4n) is 1.91. The summed E-state index contributed by atoms with van der Waals surface area (Å²) in [6, 6.07) is 0.964. The van der Waals surface area contributed by atoms with Crippen LogP contribution in [0, 0.1) is 5.92 Å². The van der Waals surface area contributed by atoms with Gasteiger partial charge in [-0.3, -0.25) is 4.79 Å². The molecule has 0 heterocycles. The highest BCUT2D eigenvalue weighted by Gasteiger charge is 2.29. The van der Waals surface area contributed by atoms with Crippen molar-refractivity contribution in [3.05, 3.63) is 0 Å². The Kier molecular flexibility index (Phi) is 5.26. The van der Waals surface area contributed by atoms with Crippen molar-refractivity contribution < 1.29 is 4.79 Å². The maximum atomic E-state index is 11.7. The van der Waals surface area contributed by atoms with Gasteiger partial charge in [-0.2, -0.15) is 0 Å². The van der Waals surface area contributed by atoms with E-state index in [1.165, 1.54) is 19.3 Å². The molecule has 0 aromatic rings. The third-order valence-corrected chi connectivity index (χ3v) is 3.54. The van der Waals surface area contributed by atoms with Crippen molar-refractivity contribution in [2.45, 2.75) is 58.5 Å². The lowest BCUT2D eigenvalue weighted by Gasteiger charge is -2.20. The molecule has 2 unspecified atom stereocenters. The van der Waals surface area contributed by atoms with Crippen LogP contribution in [0.3, 0.4) is 0 Å². The molecule has 0 spiro atoms. The van der Waals surface area contributed by atoms with Gasteiger partial charge in [-0.15, -0.1) is 0 Å². The minimum absolute atomic E-state index is 0.235. The summed E-state index contributed by atoms with van der Waals surface area (Å²) in [5.41, 5.74) is 0. The van der Waals surface area contributed by atoms with Gasteiger partial charge in [0, 0.05) is 19.1 Å². The fourth-order valence-corrected chi connectivity index (χ4v) is 1.91. The number of carbonyl (C=O) groups excluding carboxylic acids is 1. The summed E-state index contributed by atoms with van der Waals surface area (Å²) in [6.07, 6.45) is 4.73. The molecular formula is C13H26N2O. The van der Waals surface area contributed by atoms with Crippen LogP contribution in [0.25, 0.3) is 0 Å². The third kappa shape index (κ3) is 4.52. The van der Waals surface area contributed by atoms with Crippen LogP contribution in [0.5, 0.6) is 0 Å². The zero-order chi connectivity index (χ0) is 12.1. The van der Waals surface area contributed by atoms with Gasteiger partial charge in [0.1, 0.15) is 0 Å². The topological polar surface area (TPSA) is 32.3 Å². The molecule has 0 bridgehead atoms. The summed E-state index contributed by atoms with van der Waals surface area (Å²) in [7, 11) is 1.92. The molecule has 1 fully saturated rings. The van der Waals surface area contributed by atoms with E-state index < -0.39 is 0 Å². The summed E-state index contributed by atoms with van der Waals surface area (Å²) in [4.78, 5) is 13.6. The van der Waals surface area contributed by atoms with E-state index in [9.17, 15) is 4.79 Å². The van der Waals surface area contributed by atoms with Crippen LogP contribution in [0.1, 0.15) is 46.5 Å². The molecule has 1 aliphatic carbocycles. The van der Waals surface area contributed by atoms with E-state index in [0.29, 0.717) is 18.6 Å². The highest BCUT2D eigenvalue weighted by atomic mass is 16.2. The third-order valence-electron chi connectivity index (χ3n) is 3.54. The lowest BCUT2D eigenvalue weighted by Crippen LogP contribution is -2.40. The second-order valence-electron chi connectivity index (χ2n) is 5.27. The lowest BCUT2D eigenvalue weighted by atomic mass is 10.0. The van der Waals surface area contributed by atoms with Gasteiger partial charge in [0.15, 0.2) is 0 Å². The lowest BCUT2D eigenvalue weighted by molar-refractivity contribution is -0.129. The van der Waals surface area contributed by atoms with E-state index in [2.05, 4.69) is 26.1 Å². The van der Waals surface area contributed by atoms with Gasteiger partial charge in [-0.1, -0.05) is 20.3 Å². The molecule has 3 heteroatoms. The minimum atomic E-state index is 0.235. The van der Waals surface area contributed by atoms with Crippen molar-refractivity contribution in [2.24, 2.45) is 5.92 Å². The van der Waals surface area contributed by atoms with Crippen molar-refractivity contribution in [3.63, 3.8) is 0 Å². The number of nitrogens with zero attached hydrogens (tertiary/aromatic N) is 1. The first kappa shape index (κ1) is 13.5. The summed E-state index contributed by atoms with van der Waals surface area (Å²) in [5, 5.41) is 3.32. The molecule has 0 aromatic heterocycles. The molecule has 1 amide bonds. The highest BCUT2D eigenvalue weighted by Crippen LogP contribution is 2.25. The van der Waals surface area contributed by atoms with Crippen LogP contribution >= 0.6 is 0 Å². The van der Waals surface area contributed by atoms with Crippen molar-refractivity contribution in [2.75, 3.05) is 13.6 Å². The molecule has 0 radical (unpaired) electrons. The Labute approximate surface area is 99.6 Å². The smallest absolute Gasteiger partial charge is 0.236 e. The number of carbonyl (C=O) groups is 1. The standard InChI is InChI=1S/C13H26N2O/c1-5-10(2)8-11(3)14-9-13(16)15(4)12-6-7-12/h10-12,14H,5-9H2,1-4H3. The molecule has 1 saturated carbocycles. The van der Waals surface area contributed by atoms with Crippen LogP contribution in [-0.4, -0.2) is 36.5 Å². The zero-order valence-electron chi connectivity index (χ0n) is 11.1. The van der Waals surface area contributed by atoms with Crippen molar-refractivity contribution in [1.82, 2.24) is 10.2 Å². The highest BCUT2D eigenvalue weighted by molar-refractivity contribution is 5.78. The number of rotatable bonds is 7. The van der Waals surface area contributed by atoms with Crippen LogP contribution in [0.2, 0.25) is 0 Å². The number of likely N-dealkylation sites (N-methyl/N-ethyl adjacent to an activating group) is 1. The zero-order valence-corrected chi connectivity index (χ0v) is 11.1. The van der Waals surface area contributed by atoms with Gasteiger partial charge < -0.3 is 10.2 Å². The molecular weight excluding hydrogens is 200 g/mol. The molecule has 0 aromatic carbocycles. The normalized spacial score (nSPS) is 19.2. The van der Waals surface area contributed by atoms with Gasteiger partial charge in [-0.05, 0) is 32.1 Å². The summed E-state index contributed by atoms with van der Waals surface area (Å²) >= 11 is 0. The Hall–Kier alpha value is -0.570. The maximum absolute atomic E-state index is 11.7. The number of hydrogen-bond donors (Lipinski definition) is 1. The van der Waals surface area contributed by atoms with Crippen LogP contribution in [0.4, 0.5) is 0 Å². The second-order valence-corrected chi connectivity index (χ2v) is 5.27. The van der Waals surface area contributed by atoms with Crippen LogP contribution < -0.4 is 5.32 Å². The Morgan fingerprint density at radius 1 is 1.44 bits per heavy atom. The average Bonchev–Trinajstić information content (AvgIpc) is 3.08. The van der Waals surface area contributed by atoms with E-state index in [0.717, 1.165) is 12.3 Å². The SMILES string of the molecule is CCC(C)CC(C)NCC(=O)N(C)C1CC1. The molecule has 2 atom stereocenters. The van der Waals surface area contributed by atoms with E-state index >= 15 is 0 Å². The monoisotopic (exact) mass is 226 g/mol. The minimum Gasteiger partial charge on any atom is -0.342 e. The fraction of sp³-hybridized carbons (Fsp3) is 0.923. The van der Waals surface area contributed by atoms with Gasteiger partial charge in [0.25, 0.3) is 0 Å². The van der Waals surface area contributed by atoms with Crippen molar-refractivity contribution in [3.8, 4) is 0 Å². The molecule has 94 valence electrons. The summed E-state index contributed by atoms with van der Waals surface area (Å²) in [6.45, 7) is 7.13. The van der Waals surface area contributed by atoms with E-state index in [1.54, 1.807) is 0 Å². The first-order chi connectivity index (χ1) is 7.54. The largest absolute Gasteiger partial charge is 0.342 e. The van der Waals surface area contributed by atoms with E-state index in [-0.39, 0.29) is 5.91 Å². The maximum Gasteiger partial charge on any atom is 0.236 e. The van der Waals surface area contributed by atoms with Gasteiger partial charge >= 0.3 is 0 Å². The molecule has 0 aliphatic heterocycles. The van der Waals surface area contributed by atoms with E-state index in [4.69, 9.17) is 0 Å². The first-order valence-electron chi connectivity index (χ1n) is 6.53. The Morgan fingerprint density at radius 2 is 2.06 bits per heavy atom. The summed E-state index contributed by atoms with van der Waals surface area (Å²) < 4.78 is 0. The average molecular weight is 226 g/mol. The quantitative estimate of drug-likeness (QED) is 0.720. The first-order valence-corrected chi connectivity index (χ1v) is 6.53. The van der Waals surface area contributed by atoms with E-state index in [1.807, 2.05) is 11.9 Å². The predicted molar refractivity (Wildman–Crippen MR) is 67.3 cm³/mol. The van der Waals surface area contributed by atoms with Gasteiger partial charge in [0.05, 0.1) is 6.54 Å². The second kappa shape index (κ2) is 6.24. The molecule has 3 nitrogen and oxygen atoms in total. The predicted octanol–water partition coefficient (Wildman–Crippen LogP) is 2.02. The molecule has 0 saturated heterocycles. The molecule has 1 rings (SSSR count). The van der Waals surface area contributed by atoms with Crippen molar-refractivity contribution in [1.29, 1.82) is 0 Å². The number of hydrogen-bond acceptors (Lipinski definition) is 2. The number of nitrogens with one attached hydrogen (secondary N) is 1. The van der Waals surface area contributed by atoms with Gasteiger partial charge in [-0.25, -0.2) is 0 Å². The molecule has 16 heavy (non-hydrogen) atoms. The Bertz CT molecular complexity index is 226. The van der Waals surface area contributed by atoms with Gasteiger partial charge in [0.2, 0.25) is 5.91 Å². The Morgan fingerprint density at radius 3 is 2.56 bits per heavy atom. The Balaban J connectivity index is 2.15. The number of amides is 1. The summed E-state index contributed by atoms with van der Waals surface area (Å²) in [5.74, 6) is 0.970. The van der Waals surface area contributed by atoms with Crippen LogP contribution in [0.15, 0.2) is 0 Å². The molecule has 1 aliphatic rings. The van der Waals surface area contributed by atoms with Crippen molar-refractivity contribution >= 4 is 5.91 Å². The molecule has 1 N–H and O–H groups in total. The van der Waals surface area contributed by atoms with Crippen LogP contribution in [-0.2, 0) is 4.79 Å².